The Balaban J connectivity index is 2.18. The van der Waals surface area contributed by atoms with E-state index in [4.69, 9.17) is 10.5 Å². The fourth-order valence-electron chi connectivity index (χ4n) is 2.15. The molecule has 0 aliphatic rings. The van der Waals surface area contributed by atoms with Crippen molar-refractivity contribution in [3.05, 3.63) is 58.7 Å². The molecule has 20 heavy (non-hydrogen) atoms. The quantitative estimate of drug-likeness (QED) is 0.824. The maximum atomic E-state index is 5.99. The average Bonchev–Trinajstić information content (AvgIpc) is 2.41. The molecule has 0 unspecified atom stereocenters. The summed E-state index contributed by atoms with van der Waals surface area (Å²) < 4.78 is 5.99. The maximum Gasteiger partial charge on any atom is 0.123 e. The summed E-state index contributed by atoms with van der Waals surface area (Å²) in [5, 5.41) is 0. The summed E-state index contributed by atoms with van der Waals surface area (Å²) in [6.07, 6.45) is 0. The van der Waals surface area contributed by atoms with Crippen LogP contribution in [0, 0.1) is 13.8 Å². The van der Waals surface area contributed by atoms with E-state index >= 15 is 0 Å². The van der Waals surface area contributed by atoms with Crippen LogP contribution in [0.3, 0.4) is 0 Å². The number of hydrogen-bond acceptors (Lipinski definition) is 2. The van der Waals surface area contributed by atoms with Crippen molar-refractivity contribution in [1.29, 1.82) is 0 Å². The molecule has 2 heteroatoms. The normalized spacial score (nSPS) is 10.8. The molecule has 2 nitrogen and oxygen atoms in total. The van der Waals surface area contributed by atoms with Gasteiger partial charge in [-0.1, -0.05) is 38.1 Å². The molecule has 0 bridgehead atoms. The minimum Gasteiger partial charge on any atom is -0.489 e. The lowest BCUT2D eigenvalue weighted by molar-refractivity contribution is 0.303. The lowest BCUT2D eigenvalue weighted by Crippen LogP contribution is -2.02. The van der Waals surface area contributed by atoms with E-state index in [0.29, 0.717) is 12.5 Å². The summed E-state index contributed by atoms with van der Waals surface area (Å²) >= 11 is 0. The van der Waals surface area contributed by atoms with Gasteiger partial charge in [0.2, 0.25) is 0 Å². The number of nitrogen functional groups attached to an aromatic ring is 1. The van der Waals surface area contributed by atoms with Gasteiger partial charge in [0, 0.05) is 5.69 Å². The van der Waals surface area contributed by atoms with Crippen molar-refractivity contribution in [2.75, 3.05) is 5.73 Å². The van der Waals surface area contributed by atoms with Crippen LogP contribution in [0.5, 0.6) is 5.75 Å². The van der Waals surface area contributed by atoms with Gasteiger partial charge in [0.25, 0.3) is 0 Å². The smallest absolute Gasteiger partial charge is 0.123 e. The molecule has 2 N–H and O–H groups in total. The zero-order valence-corrected chi connectivity index (χ0v) is 12.7. The monoisotopic (exact) mass is 269 g/mol. The van der Waals surface area contributed by atoms with Crippen molar-refractivity contribution in [2.24, 2.45) is 0 Å². The lowest BCUT2D eigenvalue weighted by Gasteiger charge is -2.14. The van der Waals surface area contributed by atoms with Crippen LogP contribution < -0.4 is 10.5 Å². The molecule has 2 aromatic rings. The predicted octanol–water partition coefficient (Wildman–Crippen LogP) is 4.59. The number of nitrogens with two attached hydrogens (primary N) is 1. The van der Waals surface area contributed by atoms with Gasteiger partial charge in [-0.3, -0.25) is 0 Å². The molecule has 0 heterocycles. The first-order valence-corrected chi connectivity index (χ1v) is 7.06. The van der Waals surface area contributed by atoms with Crippen LogP contribution in [0.15, 0.2) is 36.4 Å². The van der Waals surface area contributed by atoms with Crippen molar-refractivity contribution in [2.45, 2.75) is 40.2 Å². The molecule has 2 aromatic carbocycles. The van der Waals surface area contributed by atoms with Crippen LogP contribution >= 0.6 is 0 Å². The van der Waals surface area contributed by atoms with E-state index in [0.717, 1.165) is 28.1 Å². The van der Waals surface area contributed by atoms with Gasteiger partial charge < -0.3 is 10.5 Å². The molecule has 0 saturated heterocycles. The van der Waals surface area contributed by atoms with Gasteiger partial charge in [0.1, 0.15) is 12.4 Å². The Morgan fingerprint density at radius 2 is 1.85 bits per heavy atom. The zero-order chi connectivity index (χ0) is 14.7. The van der Waals surface area contributed by atoms with Crippen molar-refractivity contribution < 1.29 is 4.74 Å². The zero-order valence-electron chi connectivity index (χ0n) is 12.7. The first kappa shape index (κ1) is 14.4. The third-order valence-electron chi connectivity index (χ3n) is 3.75. The van der Waals surface area contributed by atoms with E-state index in [9.17, 15) is 0 Å². The fourth-order valence-corrected chi connectivity index (χ4v) is 2.15. The Hall–Kier alpha value is -1.96. The Morgan fingerprint density at radius 1 is 1.10 bits per heavy atom. The largest absolute Gasteiger partial charge is 0.489 e. The van der Waals surface area contributed by atoms with Gasteiger partial charge in [-0.15, -0.1) is 0 Å². The summed E-state index contributed by atoms with van der Waals surface area (Å²) in [5.41, 5.74) is 11.5. The Bertz CT molecular complexity index is 602. The maximum absolute atomic E-state index is 5.99. The van der Waals surface area contributed by atoms with E-state index in [-0.39, 0.29) is 0 Å². The highest BCUT2D eigenvalue weighted by Gasteiger charge is 2.07. The molecule has 0 amide bonds. The molecule has 0 aliphatic heterocycles. The highest BCUT2D eigenvalue weighted by Crippen LogP contribution is 2.26. The third-order valence-corrected chi connectivity index (χ3v) is 3.75. The van der Waals surface area contributed by atoms with E-state index in [1.54, 1.807) is 0 Å². The predicted molar refractivity (Wildman–Crippen MR) is 85.2 cm³/mol. The molecule has 0 aliphatic carbocycles. The van der Waals surface area contributed by atoms with Crippen LogP contribution in [0.2, 0.25) is 0 Å². The average molecular weight is 269 g/mol. The van der Waals surface area contributed by atoms with Crippen LogP contribution in [0.1, 0.15) is 42.0 Å². The minimum atomic E-state index is 0.507. The number of hydrogen-bond donors (Lipinski definition) is 1. The first-order valence-electron chi connectivity index (χ1n) is 7.06. The van der Waals surface area contributed by atoms with Crippen molar-refractivity contribution in [3.8, 4) is 5.75 Å². The second-order valence-electron chi connectivity index (χ2n) is 5.60. The van der Waals surface area contributed by atoms with E-state index in [2.05, 4.69) is 45.0 Å². The standard InChI is InChI=1S/C18H23NO/c1-12(2)15-9-8-13(3)18(10-15)20-11-16-6-5-7-17(19)14(16)4/h5-10,12H,11,19H2,1-4H3. The topological polar surface area (TPSA) is 35.2 Å². The molecule has 0 aromatic heterocycles. The van der Waals surface area contributed by atoms with Crippen LogP contribution in [-0.4, -0.2) is 0 Å². The molecule has 0 saturated carbocycles. The minimum absolute atomic E-state index is 0.507. The van der Waals surface area contributed by atoms with Gasteiger partial charge in [0.15, 0.2) is 0 Å². The lowest BCUT2D eigenvalue weighted by atomic mass is 10.0. The van der Waals surface area contributed by atoms with Crippen molar-refractivity contribution in [3.63, 3.8) is 0 Å². The Labute approximate surface area is 121 Å². The second-order valence-corrected chi connectivity index (χ2v) is 5.60. The highest BCUT2D eigenvalue weighted by molar-refractivity contribution is 5.50. The fraction of sp³-hybridized carbons (Fsp3) is 0.333. The molecule has 0 radical (unpaired) electrons. The number of aryl methyl sites for hydroxylation is 1. The number of ether oxygens (including phenoxy) is 1. The van der Waals surface area contributed by atoms with E-state index in [1.165, 1.54) is 5.56 Å². The van der Waals surface area contributed by atoms with Gasteiger partial charge in [0.05, 0.1) is 0 Å². The second kappa shape index (κ2) is 6.00. The molecular weight excluding hydrogens is 246 g/mol. The first-order chi connectivity index (χ1) is 9.49. The molecule has 0 atom stereocenters. The SMILES string of the molecule is Cc1ccc(C(C)C)cc1OCc1cccc(N)c1C. The summed E-state index contributed by atoms with van der Waals surface area (Å²) in [4.78, 5) is 0. The van der Waals surface area contributed by atoms with Gasteiger partial charge in [-0.2, -0.15) is 0 Å². The molecular formula is C18H23NO. The number of anilines is 1. The van der Waals surface area contributed by atoms with Gasteiger partial charge >= 0.3 is 0 Å². The van der Waals surface area contributed by atoms with Gasteiger partial charge in [-0.05, 0) is 54.2 Å². The Kier molecular flexibility index (Phi) is 4.33. The molecule has 2 rings (SSSR count). The highest BCUT2D eigenvalue weighted by atomic mass is 16.5. The Morgan fingerprint density at radius 3 is 2.55 bits per heavy atom. The number of benzene rings is 2. The van der Waals surface area contributed by atoms with E-state index in [1.807, 2.05) is 19.1 Å². The third kappa shape index (κ3) is 3.13. The van der Waals surface area contributed by atoms with Gasteiger partial charge in [-0.25, -0.2) is 0 Å². The summed E-state index contributed by atoms with van der Waals surface area (Å²) in [6.45, 7) is 9.04. The molecule has 0 spiro atoms. The summed E-state index contributed by atoms with van der Waals surface area (Å²) in [7, 11) is 0. The number of rotatable bonds is 4. The molecule has 106 valence electrons. The molecule has 0 fully saturated rings. The van der Waals surface area contributed by atoms with E-state index < -0.39 is 0 Å². The van der Waals surface area contributed by atoms with Crippen LogP contribution in [0.4, 0.5) is 5.69 Å². The summed E-state index contributed by atoms with van der Waals surface area (Å²) in [5.74, 6) is 1.46. The summed E-state index contributed by atoms with van der Waals surface area (Å²) in [6, 6.07) is 12.4. The van der Waals surface area contributed by atoms with Crippen LogP contribution in [-0.2, 0) is 6.61 Å². The van der Waals surface area contributed by atoms with Crippen molar-refractivity contribution >= 4 is 5.69 Å². The van der Waals surface area contributed by atoms with Crippen LogP contribution in [0.25, 0.3) is 0 Å². The van der Waals surface area contributed by atoms with Crippen molar-refractivity contribution in [1.82, 2.24) is 0 Å².